The second kappa shape index (κ2) is 8.82. The van der Waals surface area contributed by atoms with E-state index in [1.807, 2.05) is 24.0 Å². The van der Waals surface area contributed by atoms with Gasteiger partial charge in [0.05, 0.1) is 7.11 Å². The van der Waals surface area contributed by atoms with E-state index < -0.39 is 5.92 Å². The maximum Gasteiger partial charge on any atom is 0.219 e. The number of Topliss-reactive ketones (excluding diaryl/α,β-unsaturated/α-hetero) is 2. The number of methoxy groups -OCH3 is 1. The molecule has 0 spiro atoms. The molecular weight excluding hydrogens is 366 g/mol. The fraction of sp³-hybridized carbons (Fsp3) is 0.542. The van der Waals surface area contributed by atoms with E-state index in [-0.39, 0.29) is 23.4 Å². The van der Waals surface area contributed by atoms with E-state index >= 15 is 0 Å². The van der Waals surface area contributed by atoms with Crippen LogP contribution in [-0.2, 0) is 14.4 Å². The summed E-state index contributed by atoms with van der Waals surface area (Å²) in [5.41, 5.74) is 2.37. The lowest BCUT2D eigenvalue weighted by molar-refractivity contribution is -0.136. The molecule has 154 valence electrons. The second-order valence-electron chi connectivity index (χ2n) is 8.16. The van der Waals surface area contributed by atoms with Gasteiger partial charge in [0.25, 0.3) is 0 Å². The average Bonchev–Trinajstić information content (AvgIpc) is 2.68. The number of benzene rings is 1. The summed E-state index contributed by atoms with van der Waals surface area (Å²) in [6.45, 7) is 6.70. The number of nitrogens with zero attached hydrogens (tertiary/aromatic N) is 1. The zero-order chi connectivity index (χ0) is 21.1. The monoisotopic (exact) mass is 395 g/mol. The van der Waals surface area contributed by atoms with Crippen LogP contribution in [0.2, 0.25) is 0 Å². The van der Waals surface area contributed by atoms with E-state index in [1.165, 1.54) is 0 Å². The van der Waals surface area contributed by atoms with Gasteiger partial charge in [0.1, 0.15) is 23.2 Å². The largest absolute Gasteiger partial charge is 0.496 e. The Morgan fingerprint density at radius 2 is 1.72 bits per heavy atom. The zero-order valence-corrected chi connectivity index (χ0v) is 17.7. The first-order valence-corrected chi connectivity index (χ1v) is 10.3. The van der Waals surface area contributed by atoms with Crippen molar-refractivity contribution in [1.29, 1.82) is 0 Å². The zero-order valence-electron chi connectivity index (χ0n) is 17.7. The number of rotatable bonds is 3. The summed E-state index contributed by atoms with van der Waals surface area (Å²) >= 11 is 0. The Hall–Kier alpha value is -2.61. The van der Waals surface area contributed by atoms with Gasteiger partial charge < -0.3 is 9.64 Å². The maximum absolute atomic E-state index is 13.1. The Morgan fingerprint density at radius 1 is 1.10 bits per heavy atom. The number of piperidine rings is 1. The summed E-state index contributed by atoms with van der Waals surface area (Å²) in [5, 5.41) is 0. The number of amides is 1. The van der Waals surface area contributed by atoms with Gasteiger partial charge in [-0.25, -0.2) is 0 Å². The highest BCUT2D eigenvalue weighted by molar-refractivity contribution is 6.10. The number of hydrogen-bond acceptors (Lipinski definition) is 4. The molecule has 1 amide bonds. The van der Waals surface area contributed by atoms with E-state index in [0.717, 1.165) is 37.1 Å². The minimum atomic E-state index is -0.748. The molecule has 2 aliphatic rings. The fourth-order valence-corrected chi connectivity index (χ4v) is 4.87. The summed E-state index contributed by atoms with van der Waals surface area (Å²) in [6, 6.07) is 3.72. The Balaban J connectivity index is 1.79. The third kappa shape index (κ3) is 4.37. The molecule has 1 aliphatic heterocycles. The summed E-state index contributed by atoms with van der Waals surface area (Å²) in [6.07, 6.45) is 2.56. The number of likely N-dealkylation sites (tertiary alicyclic amines) is 1. The van der Waals surface area contributed by atoms with E-state index in [1.54, 1.807) is 21.0 Å². The lowest BCUT2D eigenvalue weighted by Gasteiger charge is -2.38. The SMILES string of the molecule is CC#Cc1cc(C)c(C2C(=O)CC(C3CCN(C(C)=O)CC3)CC2=O)c(OC)c1. The smallest absolute Gasteiger partial charge is 0.219 e. The Morgan fingerprint density at radius 3 is 2.24 bits per heavy atom. The van der Waals surface area contributed by atoms with Crippen molar-refractivity contribution in [3.05, 3.63) is 28.8 Å². The van der Waals surface area contributed by atoms with Crippen LogP contribution in [0.5, 0.6) is 5.75 Å². The topological polar surface area (TPSA) is 63.7 Å². The molecule has 1 aliphatic carbocycles. The van der Waals surface area contributed by atoms with Gasteiger partial charge in [0.2, 0.25) is 5.91 Å². The molecule has 1 saturated heterocycles. The average molecular weight is 395 g/mol. The van der Waals surface area contributed by atoms with E-state index in [0.29, 0.717) is 30.1 Å². The lowest BCUT2D eigenvalue weighted by Crippen LogP contribution is -2.42. The van der Waals surface area contributed by atoms with Gasteiger partial charge in [0, 0.05) is 44.0 Å². The van der Waals surface area contributed by atoms with Gasteiger partial charge in [-0.1, -0.05) is 5.92 Å². The van der Waals surface area contributed by atoms with Crippen molar-refractivity contribution in [2.45, 2.75) is 52.4 Å². The molecule has 1 saturated carbocycles. The van der Waals surface area contributed by atoms with Crippen LogP contribution in [0.1, 0.15) is 62.1 Å². The molecule has 0 unspecified atom stereocenters. The highest BCUT2D eigenvalue weighted by Gasteiger charge is 2.41. The van der Waals surface area contributed by atoms with Crippen molar-refractivity contribution in [1.82, 2.24) is 4.90 Å². The summed E-state index contributed by atoms with van der Waals surface area (Å²) in [7, 11) is 1.56. The Bertz CT molecular complexity index is 866. The molecule has 0 N–H and O–H groups in total. The molecule has 3 rings (SSSR count). The molecule has 0 aromatic heterocycles. The Kier molecular flexibility index (Phi) is 6.42. The quantitative estimate of drug-likeness (QED) is 0.582. The van der Waals surface area contributed by atoms with Crippen molar-refractivity contribution >= 4 is 17.5 Å². The van der Waals surface area contributed by atoms with Crippen LogP contribution in [0.3, 0.4) is 0 Å². The highest BCUT2D eigenvalue weighted by Crippen LogP contribution is 2.41. The number of hydrogen-bond donors (Lipinski definition) is 0. The van der Waals surface area contributed by atoms with Crippen molar-refractivity contribution in [2.75, 3.05) is 20.2 Å². The molecule has 0 radical (unpaired) electrons. The molecule has 1 aromatic carbocycles. The predicted molar refractivity (Wildman–Crippen MR) is 111 cm³/mol. The molecule has 5 heteroatoms. The number of carbonyl (C=O) groups is 3. The van der Waals surface area contributed by atoms with Crippen LogP contribution in [0, 0.1) is 30.6 Å². The van der Waals surface area contributed by atoms with Crippen LogP contribution in [0.25, 0.3) is 0 Å². The van der Waals surface area contributed by atoms with Crippen LogP contribution in [0.15, 0.2) is 12.1 Å². The molecular formula is C24H29NO4. The van der Waals surface area contributed by atoms with Crippen molar-refractivity contribution in [2.24, 2.45) is 11.8 Å². The van der Waals surface area contributed by atoms with E-state index in [4.69, 9.17) is 4.74 Å². The highest BCUT2D eigenvalue weighted by atomic mass is 16.5. The van der Waals surface area contributed by atoms with Crippen LogP contribution < -0.4 is 4.74 Å². The molecule has 0 atom stereocenters. The summed E-state index contributed by atoms with van der Waals surface area (Å²) < 4.78 is 5.53. The standard InChI is InChI=1S/C24H29NO4/c1-5-6-17-11-15(2)23(22(12-17)29-4)24-20(27)13-19(14-21(24)28)18-7-9-25(10-8-18)16(3)26/h11-12,18-19,24H,7-10,13-14H2,1-4H3. The summed E-state index contributed by atoms with van der Waals surface area (Å²) in [4.78, 5) is 39.6. The first-order valence-electron chi connectivity index (χ1n) is 10.3. The van der Waals surface area contributed by atoms with Gasteiger partial charge in [-0.3, -0.25) is 14.4 Å². The first kappa shape index (κ1) is 21.1. The third-order valence-corrected chi connectivity index (χ3v) is 6.35. The van der Waals surface area contributed by atoms with Crippen LogP contribution in [0.4, 0.5) is 0 Å². The number of ether oxygens (including phenoxy) is 1. The van der Waals surface area contributed by atoms with Crippen molar-refractivity contribution < 1.29 is 19.1 Å². The van der Waals surface area contributed by atoms with Gasteiger partial charge in [-0.2, -0.15) is 0 Å². The molecule has 1 aromatic rings. The second-order valence-corrected chi connectivity index (χ2v) is 8.16. The minimum Gasteiger partial charge on any atom is -0.496 e. The minimum absolute atomic E-state index is 0.0176. The predicted octanol–water partition coefficient (Wildman–Crippen LogP) is 3.27. The van der Waals surface area contributed by atoms with Gasteiger partial charge in [-0.05, 0) is 56.2 Å². The van der Waals surface area contributed by atoms with E-state index in [9.17, 15) is 14.4 Å². The maximum atomic E-state index is 13.1. The van der Waals surface area contributed by atoms with Crippen molar-refractivity contribution in [3.8, 4) is 17.6 Å². The first-order chi connectivity index (χ1) is 13.8. The molecule has 29 heavy (non-hydrogen) atoms. The van der Waals surface area contributed by atoms with Gasteiger partial charge >= 0.3 is 0 Å². The van der Waals surface area contributed by atoms with Gasteiger partial charge in [0.15, 0.2) is 0 Å². The molecule has 1 heterocycles. The normalized spacial score (nSPS) is 22.8. The fourth-order valence-electron chi connectivity index (χ4n) is 4.87. The number of aryl methyl sites for hydroxylation is 1. The Labute approximate surface area is 172 Å². The van der Waals surface area contributed by atoms with Crippen molar-refractivity contribution in [3.63, 3.8) is 0 Å². The van der Waals surface area contributed by atoms with Crippen LogP contribution >= 0.6 is 0 Å². The number of carbonyl (C=O) groups excluding carboxylic acids is 3. The van der Waals surface area contributed by atoms with Crippen LogP contribution in [-0.4, -0.2) is 42.6 Å². The van der Waals surface area contributed by atoms with E-state index in [2.05, 4.69) is 11.8 Å². The lowest BCUT2D eigenvalue weighted by atomic mass is 9.69. The van der Waals surface area contributed by atoms with Gasteiger partial charge in [-0.15, -0.1) is 5.92 Å². The molecule has 0 bridgehead atoms. The molecule has 5 nitrogen and oxygen atoms in total. The third-order valence-electron chi connectivity index (χ3n) is 6.35. The summed E-state index contributed by atoms with van der Waals surface area (Å²) in [5.74, 6) is 6.15. The number of ketones is 2. The molecule has 2 fully saturated rings.